The molecule has 1 amide bonds. The minimum absolute atomic E-state index is 0.255. The van der Waals surface area contributed by atoms with Crippen molar-refractivity contribution in [2.75, 3.05) is 19.8 Å². The second-order valence-electron chi connectivity index (χ2n) is 10.9. The van der Waals surface area contributed by atoms with E-state index in [1.54, 1.807) is 6.08 Å². The van der Waals surface area contributed by atoms with Crippen molar-refractivity contribution < 1.29 is 64.6 Å². The van der Waals surface area contributed by atoms with E-state index < -0.39 is 86.8 Å². The van der Waals surface area contributed by atoms with Gasteiger partial charge in [0.15, 0.2) is 12.6 Å². The number of rotatable bonds is 18. The summed E-state index contributed by atoms with van der Waals surface area (Å²) in [7, 11) is 0. The molecule has 0 saturated carbocycles. The zero-order chi connectivity index (χ0) is 31.2. The third-order valence-electron chi connectivity index (χ3n) is 7.47. The molecule has 2 heterocycles. The normalized spacial score (nSPS) is 35.3. The summed E-state index contributed by atoms with van der Waals surface area (Å²) in [5, 5.41) is 84.7. The van der Waals surface area contributed by atoms with Crippen LogP contribution < -0.4 is 5.32 Å². The summed E-state index contributed by atoms with van der Waals surface area (Å²) < 4.78 is 22.2. The lowest BCUT2D eigenvalue weighted by Crippen LogP contribution is -2.65. The van der Waals surface area contributed by atoms with Crippen LogP contribution in [0.2, 0.25) is 0 Å². The number of nitrogens with one attached hydrogen (secondary N) is 1. The zero-order valence-electron chi connectivity index (χ0n) is 24.5. The lowest BCUT2D eigenvalue weighted by Gasteiger charge is -2.46. The summed E-state index contributed by atoms with van der Waals surface area (Å²) in [6.07, 6.45) is -6.73. The fraction of sp³-hybridized carbons (Fsp3) is 0.893. The Balaban J connectivity index is 2.05. The van der Waals surface area contributed by atoms with Crippen LogP contribution in [0.4, 0.5) is 0 Å². The van der Waals surface area contributed by atoms with E-state index in [1.165, 1.54) is 0 Å². The molecule has 0 aromatic carbocycles. The van der Waals surface area contributed by atoms with Gasteiger partial charge in [0, 0.05) is 6.42 Å². The van der Waals surface area contributed by atoms with Crippen LogP contribution in [0.15, 0.2) is 12.2 Å². The monoisotopic (exact) mass is 609 g/mol. The number of hydrogen-bond acceptors (Lipinski definition) is 13. The topological polar surface area (TPSA) is 228 Å². The maximum atomic E-state index is 12.4. The summed E-state index contributed by atoms with van der Waals surface area (Å²) in [5.41, 5.74) is 0. The Kier molecular flexibility index (Phi) is 16.9. The largest absolute Gasteiger partial charge is 0.394 e. The standard InChI is InChI=1S/C28H51NO13/c1-3-5-7-8-9-10-11-17(32)16(29-20(33)12-6-4-2)15-39-27-25(38)23(36)26(19(14-31)41-27)42-28-24(37)22(35)21(34)18(13-30)40-28/h10-11,16-19,21-28,30-32,34-38H,3-9,12-15H2,1-2H3,(H,29,33)/b11-10+. The van der Waals surface area contributed by atoms with Gasteiger partial charge < -0.3 is 65.1 Å². The third kappa shape index (κ3) is 10.7. The Bertz CT molecular complexity index is 785. The second-order valence-corrected chi connectivity index (χ2v) is 10.9. The molecule has 0 aromatic rings. The SMILES string of the molecule is CCCCCC/C=C/C(O)C(COC1OC(CO)C(OC2OC(CO)C(O)C(O)C2O)C(O)C1O)NC(=O)CCCC. The summed E-state index contributed by atoms with van der Waals surface area (Å²) in [5.74, 6) is -0.285. The minimum atomic E-state index is -1.78. The van der Waals surface area contributed by atoms with Crippen LogP contribution in [0.5, 0.6) is 0 Å². The van der Waals surface area contributed by atoms with Crippen molar-refractivity contribution >= 4 is 5.91 Å². The van der Waals surface area contributed by atoms with Crippen LogP contribution in [0.1, 0.15) is 65.2 Å². The van der Waals surface area contributed by atoms with Crippen molar-refractivity contribution in [1.82, 2.24) is 5.32 Å². The highest BCUT2D eigenvalue weighted by molar-refractivity contribution is 5.76. The molecule has 0 aliphatic carbocycles. The molecular weight excluding hydrogens is 558 g/mol. The Labute approximate surface area is 246 Å². The van der Waals surface area contributed by atoms with E-state index in [2.05, 4.69) is 12.2 Å². The molecule has 14 heteroatoms. The number of amides is 1. The molecule has 0 bridgehead atoms. The van der Waals surface area contributed by atoms with Gasteiger partial charge in [-0.1, -0.05) is 51.7 Å². The van der Waals surface area contributed by atoms with Gasteiger partial charge in [-0.25, -0.2) is 0 Å². The molecule has 12 atom stereocenters. The highest BCUT2D eigenvalue weighted by Gasteiger charge is 2.50. The molecular formula is C28H51NO13. The van der Waals surface area contributed by atoms with Gasteiger partial charge >= 0.3 is 0 Å². The van der Waals surface area contributed by atoms with E-state index in [0.717, 1.165) is 38.5 Å². The van der Waals surface area contributed by atoms with E-state index >= 15 is 0 Å². The van der Waals surface area contributed by atoms with Gasteiger partial charge in [0.05, 0.1) is 32.0 Å². The predicted octanol–water partition coefficient (Wildman–Crippen LogP) is -1.81. The maximum Gasteiger partial charge on any atom is 0.220 e. The second kappa shape index (κ2) is 19.2. The quantitative estimate of drug-likeness (QED) is 0.0617. The Morgan fingerprint density at radius 3 is 2.12 bits per heavy atom. The molecule has 2 saturated heterocycles. The van der Waals surface area contributed by atoms with Gasteiger partial charge in [0.2, 0.25) is 5.91 Å². The summed E-state index contributed by atoms with van der Waals surface area (Å²) in [4.78, 5) is 12.4. The van der Waals surface area contributed by atoms with E-state index in [-0.39, 0.29) is 18.9 Å². The van der Waals surface area contributed by atoms with Gasteiger partial charge in [0.1, 0.15) is 48.8 Å². The van der Waals surface area contributed by atoms with E-state index in [1.807, 2.05) is 13.0 Å². The van der Waals surface area contributed by atoms with Gasteiger partial charge in [-0.2, -0.15) is 0 Å². The van der Waals surface area contributed by atoms with Crippen molar-refractivity contribution in [3.63, 3.8) is 0 Å². The molecule has 14 nitrogen and oxygen atoms in total. The molecule has 42 heavy (non-hydrogen) atoms. The number of allylic oxidation sites excluding steroid dienone is 1. The lowest BCUT2D eigenvalue weighted by molar-refractivity contribution is -0.359. The number of carbonyl (C=O) groups excluding carboxylic acids is 1. The fourth-order valence-electron chi connectivity index (χ4n) is 4.79. The summed E-state index contributed by atoms with van der Waals surface area (Å²) in [6.45, 7) is 2.35. The lowest BCUT2D eigenvalue weighted by atomic mass is 9.97. The molecule has 0 radical (unpaired) electrons. The van der Waals surface area contributed by atoms with Crippen LogP contribution in [0.3, 0.4) is 0 Å². The minimum Gasteiger partial charge on any atom is -0.394 e. The van der Waals surface area contributed by atoms with Crippen molar-refractivity contribution in [1.29, 1.82) is 0 Å². The highest BCUT2D eigenvalue weighted by atomic mass is 16.7. The van der Waals surface area contributed by atoms with Gasteiger partial charge in [-0.15, -0.1) is 0 Å². The van der Waals surface area contributed by atoms with Crippen molar-refractivity contribution in [2.24, 2.45) is 0 Å². The zero-order valence-corrected chi connectivity index (χ0v) is 24.5. The van der Waals surface area contributed by atoms with Crippen molar-refractivity contribution in [2.45, 2.75) is 139 Å². The molecule has 0 aromatic heterocycles. The number of unbranched alkanes of at least 4 members (excludes halogenated alkanes) is 5. The number of ether oxygens (including phenoxy) is 4. The van der Waals surface area contributed by atoms with Crippen LogP contribution in [0.25, 0.3) is 0 Å². The van der Waals surface area contributed by atoms with E-state index in [0.29, 0.717) is 6.42 Å². The number of aliphatic hydroxyl groups is 8. The summed E-state index contributed by atoms with van der Waals surface area (Å²) in [6, 6.07) is -0.898. The average Bonchev–Trinajstić information content (AvgIpc) is 2.98. The number of hydrogen-bond donors (Lipinski definition) is 9. The van der Waals surface area contributed by atoms with Crippen LogP contribution >= 0.6 is 0 Å². The van der Waals surface area contributed by atoms with Crippen LogP contribution in [0, 0.1) is 0 Å². The van der Waals surface area contributed by atoms with Gasteiger partial charge in [-0.05, 0) is 19.3 Å². The van der Waals surface area contributed by atoms with Crippen LogP contribution in [-0.2, 0) is 23.7 Å². The first-order chi connectivity index (χ1) is 20.1. The summed E-state index contributed by atoms with van der Waals surface area (Å²) >= 11 is 0. The van der Waals surface area contributed by atoms with Crippen molar-refractivity contribution in [3.8, 4) is 0 Å². The molecule has 2 rings (SSSR count). The average molecular weight is 610 g/mol. The fourth-order valence-corrected chi connectivity index (χ4v) is 4.79. The Morgan fingerprint density at radius 2 is 1.48 bits per heavy atom. The molecule has 2 fully saturated rings. The smallest absolute Gasteiger partial charge is 0.220 e. The van der Waals surface area contributed by atoms with Crippen LogP contribution in [-0.4, -0.2) is 140 Å². The molecule has 9 N–H and O–H groups in total. The van der Waals surface area contributed by atoms with Gasteiger partial charge in [-0.3, -0.25) is 4.79 Å². The maximum absolute atomic E-state index is 12.4. The van der Waals surface area contributed by atoms with Crippen molar-refractivity contribution in [3.05, 3.63) is 12.2 Å². The number of aliphatic hydroxyl groups excluding tert-OH is 8. The molecule has 2 aliphatic heterocycles. The first-order valence-electron chi connectivity index (χ1n) is 14.9. The highest BCUT2D eigenvalue weighted by Crippen LogP contribution is 2.29. The molecule has 2 aliphatic rings. The van der Waals surface area contributed by atoms with Gasteiger partial charge in [0.25, 0.3) is 0 Å². The Morgan fingerprint density at radius 1 is 0.833 bits per heavy atom. The first kappa shape index (κ1) is 36.9. The number of carbonyl (C=O) groups is 1. The van der Waals surface area contributed by atoms with E-state index in [9.17, 15) is 45.6 Å². The molecule has 246 valence electrons. The van der Waals surface area contributed by atoms with E-state index in [4.69, 9.17) is 18.9 Å². The molecule has 0 spiro atoms. The molecule has 12 unspecified atom stereocenters. The third-order valence-corrected chi connectivity index (χ3v) is 7.47. The Hall–Kier alpha value is -1.27. The predicted molar refractivity (Wildman–Crippen MR) is 148 cm³/mol. The first-order valence-corrected chi connectivity index (χ1v) is 14.9.